The van der Waals surface area contributed by atoms with Gasteiger partial charge in [0.15, 0.2) is 0 Å². The van der Waals surface area contributed by atoms with E-state index < -0.39 is 18.0 Å². The first-order chi connectivity index (χ1) is 13.8. The number of piperidine rings is 1. The second-order valence-corrected chi connectivity index (χ2v) is 8.63. The molecule has 1 aromatic carbocycles. The van der Waals surface area contributed by atoms with Crippen LogP contribution in [-0.2, 0) is 4.79 Å². The number of rotatable bonds is 6. The first kappa shape index (κ1) is 24.0. The van der Waals surface area contributed by atoms with E-state index in [0.717, 1.165) is 38.1 Å². The van der Waals surface area contributed by atoms with E-state index in [-0.39, 0.29) is 22.9 Å². The summed E-state index contributed by atoms with van der Waals surface area (Å²) in [7, 11) is 1.80. The third-order valence-electron chi connectivity index (χ3n) is 5.33. The Balaban J connectivity index is 1.78. The minimum atomic E-state index is -4.80. The second-order valence-electron chi connectivity index (χ2n) is 8.63. The minimum absolute atomic E-state index is 0.0789. The molecule has 1 aliphatic rings. The Morgan fingerprint density at radius 1 is 1.20 bits per heavy atom. The van der Waals surface area contributed by atoms with Crippen molar-refractivity contribution in [3.63, 3.8) is 0 Å². The highest BCUT2D eigenvalue weighted by molar-refractivity contribution is 5.94. The fourth-order valence-electron chi connectivity index (χ4n) is 3.19. The maximum absolute atomic E-state index is 12.4. The highest BCUT2D eigenvalue weighted by Crippen LogP contribution is 2.23. The predicted octanol–water partition coefficient (Wildman–Crippen LogP) is 3.28. The Labute approximate surface area is 175 Å². The molecule has 0 radical (unpaired) electrons. The molecule has 1 saturated heterocycles. The lowest BCUT2D eigenvalue weighted by Crippen LogP contribution is -2.49. The van der Waals surface area contributed by atoms with Gasteiger partial charge in [-0.2, -0.15) is 0 Å². The van der Waals surface area contributed by atoms with Crippen LogP contribution in [0.1, 0.15) is 44.0 Å². The van der Waals surface area contributed by atoms with Gasteiger partial charge in [-0.05, 0) is 70.8 Å². The number of likely N-dealkylation sites (N-methyl/N-ethyl adjacent to an activating group) is 1. The van der Waals surface area contributed by atoms with E-state index in [1.54, 1.807) is 11.9 Å². The van der Waals surface area contributed by atoms with E-state index in [0.29, 0.717) is 13.1 Å². The Bertz CT molecular complexity index is 739. The van der Waals surface area contributed by atoms with Gasteiger partial charge >= 0.3 is 6.36 Å². The Morgan fingerprint density at radius 3 is 2.40 bits per heavy atom. The van der Waals surface area contributed by atoms with Gasteiger partial charge in [0.1, 0.15) is 5.75 Å². The summed E-state index contributed by atoms with van der Waals surface area (Å²) in [5.41, 5.74) is -0.104. The molecule has 1 aliphatic heterocycles. The molecule has 1 heterocycles. The molecular formula is C21H30F3N3O3. The van der Waals surface area contributed by atoms with Crippen LogP contribution in [0.25, 0.3) is 0 Å². The van der Waals surface area contributed by atoms with Crippen LogP contribution in [0.4, 0.5) is 13.2 Å². The van der Waals surface area contributed by atoms with Gasteiger partial charge in [0, 0.05) is 24.7 Å². The van der Waals surface area contributed by atoms with Gasteiger partial charge in [0.2, 0.25) is 5.91 Å². The maximum atomic E-state index is 12.4. The summed E-state index contributed by atoms with van der Waals surface area (Å²) >= 11 is 0. The van der Waals surface area contributed by atoms with Crippen LogP contribution >= 0.6 is 0 Å². The molecule has 0 atom stereocenters. The smallest absolute Gasteiger partial charge is 0.406 e. The number of nitrogens with zero attached hydrogens (tertiary/aromatic N) is 2. The van der Waals surface area contributed by atoms with Gasteiger partial charge in [-0.3, -0.25) is 14.5 Å². The maximum Gasteiger partial charge on any atom is 0.573 e. The molecule has 1 fully saturated rings. The van der Waals surface area contributed by atoms with E-state index in [1.807, 2.05) is 20.8 Å². The summed E-state index contributed by atoms with van der Waals surface area (Å²) in [6, 6.07) is 5.01. The van der Waals surface area contributed by atoms with E-state index in [4.69, 9.17) is 0 Å². The fraction of sp³-hybridized carbons (Fsp3) is 0.619. The third kappa shape index (κ3) is 7.51. The van der Waals surface area contributed by atoms with Gasteiger partial charge in [-0.1, -0.05) is 6.07 Å². The first-order valence-corrected chi connectivity index (χ1v) is 9.98. The van der Waals surface area contributed by atoms with Crippen molar-refractivity contribution in [2.24, 2.45) is 5.92 Å². The quantitative estimate of drug-likeness (QED) is 0.754. The molecule has 30 heavy (non-hydrogen) atoms. The Morgan fingerprint density at radius 2 is 1.83 bits per heavy atom. The lowest BCUT2D eigenvalue weighted by molar-refractivity contribution is -0.274. The number of nitrogens with one attached hydrogen (secondary N) is 1. The number of likely N-dealkylation sites (tertiary alicyclic amines) is 1. The molecule has 168 valence electrons. The summed E-state index contributed by atoms with van der Waals surface area (Å²) in [5.74, 6) is -0.522. The molecule has 2 rings (SSSR count). The van der Waals surface area contributed by atoms with Crippen molar-refractivity contribution in [1.82, 2.24) is 15.1 Å². The monoisotopic (exact) mass is 429 g/mol. The van der Waals surface area contributed by atoms with Crippen molar-refractivity contribution in [1.29, 1.82) is 0 Å². The molecule has 1 N–H and O–H groups in total. The van der Waals surface area contributed by atoms with E-state index in [1.165, 1.54) is 12.1 Å². The summed E-state index contributed by atoms with van der Waals surface area (Å²) in [6.07, 6.45) is -3.12. The van der Waals surface area contributed by atoms with E-state index >= 15 is 0 Å². The predicted molar refractivity (Wildman–Crippen MR) is 107 cm³/mol. The first-order valence-electron chi connectivity index (χ1n) is 9.98. The minimum Gasteiger partial charge on any atom is -0.406 e. The zero-order chi connectivity index (χ0) is 22.5. The van der Waals surface area contributed by atoms with Crippen LogP contribution in [0.5, 0.6) is 5.75 Å². The highest BCUT2D eigenvalue weighted by atomic mass is 19.4. The fourth-order valence-corrected chi connectivity index (χ4v) is 3.19. The van der Waals surface area contributed by atoms with Crippen LogP contribution in [0.2, 0.25) is 0 Å². The molecular weight excluding hydrogens is 399 g/mol. The number of carbonyl (C=O) groups excluding carboxylic acids is 2. The lowest BCUT2D eigenvalue weighted by Gasteiger charge is -2.36. The van der Waals surface area contributed by atoms with Crippen molar-refractivity contribution >= 4 is 11.8 Å². The van der Waals surface area contributed by atoms with Crippen LogP contribution in [0, 0.1) is 5.92 Å². The molecule has 0 saturated carbocycles. The summed E-state index contributed by atoms with van der Waals surface area (Å²) < 4.78 is 40.8. The molecule has 0 bridgehead atoms. The second kappa shape index (κ2) is 9.68. The molecule has 2 amide bonds. The van der Waals surface area contributed by atoms with E-state index in [2.05, 4.69) is 15.0 Å². The Hall–Kier alpha value is -2.29. The standard InChI is InChI=1S/C21H30F3N3O3/c1-20(2,3)26(4)18(28)14-27-10-8-15(9-11-27)13-25-19(29)16-6-5-7-17(12-16)30-21(22,23)24/h5-7,12,15H,8-11,13-14H2,1-4H3,(H,25,29). The zero-order valence-corrected chi connectivity index (χ0v) is 17.9. The topological polar surface area (TPSA) is 61.9 Å². The van der Waals surface area contributed by atoms with Gasteiger partial charge in [0.25, 0.3) is 5.91 Å². The molecule has 0 aliphatic carbocycles. The number of carbonyl (C=O) groups is 2. The van der Waals surface area contributed by atoms with Crippen LogP contribution in [-0.4, -0.2) is 66.7 Å². The summed E-state index contributed by atoms with van der Waals surface area (Å²) in [5, 5.41) is 2.78. The van der Waals surface area contributed by atoms with Gasteiger partial charge in [-0.15, -0.1) is 13.2 Å². The van der Waals surface area contributed by atoms with Gasteiger partial charge < -0.3 is 15.0 Å². The summed E-state index contributed by atoms with van der Waals surface area (Å²) in [4.78, 5) is 28.5. The van der Waals surface area contributed by atoms with Crippen molar-refractivity contribution in [3.8, 4) is 5.75 Å². The number of amides is 2. The van der Waals surface area contributed by atoms with Crippen LogP contribution < -0.4 is 10.1 Å². The van der Waals surface area contributed by atoms with Crippen molar-refractivity contribution in [3.05, 3.63) is 29.8 Å². The number of halogens is 3. The normalized spacial score (nSPS) is 16.2. The van der Waals surface area contributed by atoms with Crippen LogP contribution in [0.15, 0.2) is 24.3 Å². The van der Waals surface area contributed by atoms with Gasteiger partial charge in [0.05, 0.1) is 6.54 Å². The number of benzene rings is 1. The zero-order valence-electron chi connectivity index (χ0n) is 17.9. The molecule has 9 heteroatoms. The van der Waals surface area contributed by atoms with Crippen molar-refractivity contribution in [2.45, 2.75) is 45.5 Å². The van der Waals surface area contributed by atoms with E-state index in [9.17, 15) is 22.8 Å². The Kier molecular flexibility index (Phi) is 7.74. The summed E-state index contributed by atoms with van der Waals surface area (Å²) in [6.45, 7) is 8.31. The number of ether oxygens (including phenoxy) is 1. The molecule has 0 aromatic heterocycles. The van der Waals surface area contributed by atoms with Gasteiger partial charge in [-0.25, -0.2) is 0 Å². The molecule has 1 aromatic rings. The van der Waals surface area contributed by atoms with Crippen LogP contribution in [0.3, 0.4) is 0 Å². The number of hydrogen-bond donors (Lipinski definition) is 1. The van der Waals surface area contributed by atoms with Crippen molar-refractivity contribution < 1.29 is 27.5 Å². The molecule has 0 spiro atoms. The average molecular weight is 429 g/mol. The highest BCUT2D eigenvalue weighted by Gasteiger charge is 2.31. The largest absolute Gasteiger partial charge is 0.573 e. The molecule has 6 nitrogen and oxygen atoms in total. The molecule has 0 unspecified atom stereocenters. The number of hydrogen-bond acceptors (Lipinski definition) is 4. The average Bonchev–Trinajstić information content (AvgIpc) is 2.64. The lowest BCUT2D eigenvalue weighted by atomic mass is 9.96. The third-order valence-corrected chi connectivity index (χ3v) is 5.33. The SMILES string of the molecule is CN(C(=O)CN1CCC(CNC(=O)c2cccc(OC(F)(F)F)c2)CC1)C(C)(C)C. The number of alkyl halides is 3. The van der Waals surface area contributed by atoms with Crippen molar-refractivity contribution in [2.75, 3.05) is 33.2 Å².